The number of fused-ring (bicyclic) bond motifs is 1. The van der Waals surface area contributed by atoms with Crippen molar-refractivity contribution in [2.45, 2.75) is 6.42 Å². The molecule has 0 saturated carbocycles. The Labute approximate surface area is 159 Å². The van der Waals surface area contributed by atoms with Gasteiger partial charge in [-0.05, 0) is 24.3 Å². The summed E-state index contributed by atoms with van der Waals surface area (Å²) in [5.41, 5.74) is 0.180. The minimum atomic E-state index is -0.861. The molecule has 28 heavy (non-hydrogen) atoms. The second-order valence-corrected chi connectivity index (χ2v) is 6.54. The van der Waals surface area contributed by atoms with Gasteiger partial charge in [-0.2, -0.15) is 0 Å². The molecule has 146 valence electrons. The molecule has 2 aliphatic heterocycles. The van der Waals surface area contributed by atoms with Gasteiger partial charge in [-0.15, -0.1) is 0 Å². The third-order valence-corrected chi connectivity index (χ3v) is 4.63. The molecule has 1 fully saturated rings. The number of rotatable bonds is 4. The van der Waals surface area contributed by atoms with E-state index >= 15 is 0 Å². The number of anilines is 2. The van der Waals surface area contributed by atoms with E-state index in [-0.39, 0.29) is 31.6 Å². The van der Waals surface area contributed by atoms with Crippen molar-refractivity contribution in [2.75, 3.05) is 30.1 Å². The Hall–Kier alpha value is -3.36. The van der Waals surface area contributed by atoms with E-state index in [1.54, 1.807) is 23.1 Å². The van der Waals surface area contributed by atoms with Crippen LogP contribution in [0.1, 0.15) is 6.42 Å². The van der Waals surface area contributed by atoms with Gasteiger partial charge >= 0.3 is 6.03 Å². The zero-order valence-electron chi connectivity index (χ0n) is 14.7. The van der Waals surface area contributed by atoms with Gasteiger partial charge in [0.15, 0.2) is 11.5 Å². The Morgan fingerprint density at radius 2 is 1.89 bits per heavy atom. The number of carbonyl (C=O) groups is 2. The smallest absolute Gasteiger partial charge is 0.319 e. The monoisotopic (exact) mass is 389 g/mol. The average molecular weight is 389 g/mol. The van der Waals surface area contributed by atoms with Gasteiger partial charge in [-0.25, -0.2) is 13.6 Å². The predicted molar refractivity (Wildman–Crippen MR) is 96.4 cm³/mol. The summed E-state index contributed by atoms with van der Waals surface area (Å²) >= 11 is 0. The maximum absolute atomic E-state index is 13.6. The molecule has 2 aliphatic rings. The quantitative estimate of drug-likeness (QED) is 0.843. The highest BCUT2D eigenvalue weighted by Gasteiger charge is 2.31. The van der Waals surface area contributed by atoms with E-state index < -0.39 is 23.4 Å². The van der Waals surface area contributed by atoms with Crippen molar-refractivity contribution >= 4 is 23.3 Å². The van der Waals surface area contributed by atoms with Crippen LogP contribution in [0.15, 0.2) is 36.4 Å². The zero-order valence-corrected chi connectivity index (χ0v) is 14.7. The Bertz CT molecular complexity index is 917. The van der Waals surface area contributed by atoms with Crippen molar-refractivity contribution in [2.24, 2.45) is 5.92 Å². The van der Waals surface area contributed by atoms with E-state index in [1.165, 1.54) is 6.07 Å². The van der Waals surface area contributed by atoms with Gasteiger partial charge in [0.05, 0.1) is 0 Å². The highest BCUT2D eigenvalue weighted by atomic mass is 19.1. The topological polar surface area (TPSA) is 79.9 Å². The highest BCUT2D eigenvalue weighted by molar-refractivity contribution is 5.96. The standard InChI is InChI=1S/C19H17F2N3O4/c20-13-2-1-3-14(21)18(13)23-19(26)22-8-11-6-17(25)24(9-11)12-4-5-15-16(7-12)28-10-27-15/h1-5,7,11H,6,8-10H2,(H2,22,23,26)/t11-/m0/s1. The van der Waals surface area contributed by atoms with Crippen LogP contribution in [0.3, 0.4) is 0 Å². The van der Waals surface area contributed by atoms with Gasteiger partial charge in [0.25, 0.3) is 0 Å². The number of hydrogen-bond acceptors (Lipinski definition) is 4. The summed E-state index contributed by atoms with van der Waals surface area (Å²) in [4.78, 5) is 25.9. The number of carbonyl (C=O) groups excluding carboxylic acids is 2. The number of ether oxygens (including phenoxy) is 2. The zero-order chi connectivity index (χ0) is 19.7. The van der Waals surface area contributed by atoms with E-state index in [4.69, 9.17) is 9.47 Å². The van der Waals surface area contributed by atoms with Crippen molar-refractivity contribution in [3.05, 3.63) is 48.0 Å². The number of hydrogen-bond donors (Lipinski definition) is 2. The fraction of sp³-hybridized carbons (Fsp3) is 0.263. The van der Waals surface area contributed by atoms with E-state index in [9.17, 15) is 18.4 Å². The van der Waals surface area contributed by atoms with Crippen LogP contribution in [0.25, 0.3) is 0 Å². The number of amides is 3. The maximum atomic E-state index is 13.6. The average Bonchev–Trinajstić information content (AvgIpc) is 3.28. The first-order valence-electron chi connectivity index (χ1n) is 8.70. The van der Waals surface area contributed by atoms with Crippen molar-refractivity contribution in [1.29, 1.82) is 0 Å². The van der Waals surface area contributed by atoms with Crippen LogP contribution in [-0.2, 0) is 4.79 Å². The number of nitrogens with one attached hydrogen (secondary N) is 2. The lowest BCUT2D eigenvalue weighted by Crippen LogP contribution is -2.34. The molecule has 2 aromatic rings. The van der Waals surface area contributed by atoms with Gasteiger partial charge in [0.2, 0.25) is 12.7 Å². The number of halogens is 2. The lowest BCUT2D eigenvalue weighted by atomic mass is 10.1. The predicted octanol–water partition coefficient (Wildman–Crippen LogP) is 2.87. The minimum Gasteiger partial charge on any atom is -0.454 e. The van der Waals surface area contributed by atoms with E-state index in [0.29, 0.717) is 23.7 Å². The van der Waals surface area contributed by atoms with Gasteiger partial charge in [0, 0.05) is 37.2 Å². The summed E-state index contributed by atoms with van der Waals surface area (Å²) in [6.07, 6.45) is 0.253. The molecule has 0 unspecified atom stereocenters. The first kappa shape index (κ1) is 18.0. The fourth-order valence-corrected chi connectivity index (χ4v) is 3.23. The lowest BCUT2D eigenvalue weighted by molar-refractivity contribution is -0.117. The van der Waals surface area contributed by atoms with Crippen LogP contribution < -0.4 is 25.0 Å². The minimum absolute atomic E-state index is 0.0776. The van der Waals surface area contributed by atoms with E-state index in [0.717, 1.165) is 12.1 Å². The molecule has 0 spiro atoms. The molecule has 2 aromatic carbocycles. The van der Waals surface area contributed by atoms with E-state index in [2.05, 4.69) is 10.6 Å². The maximum Gasteiger partial charge on any atom is 0.319 e. The lowest BCUT2D eigenvalue weighted by Gasteiger charge is -2.17. The van der Waals surface area contributed by atoms with Crippen LogP contribution in [0.2, 0.25) is 0 Å². The summed E-state index contributed by atoms with van der Waals surface area (Å²) in [5, 5.41) is 4.71. The second-order valence-electron chi connectivity index (χ2n) is 6.54. The summed E-state index contributed by atoms with van der Waals surface area (Å²) in [6, 6.07) is 7.83. The number of benzene rings is 2. The molecule has 1 atom stereocenters. The molecule has 4 rings (SSSR count). The Kier molecular flexibility index (Phi) is 4.72. The van der Waals surface area contributed by atoms with Crippen LogP contribution >= 0.6 is 0 Å². The molecular weight excluding hydrogens is 372 g/mol. The molecule has 1 saturated heterocycles. The highest BCUT2D eigenvalue weighted by Crippen LogP contribution is 2.37. The molecule has 7 nitrogen and oxygen atoms in total. The largest absolute Gasteiger partial charge is 0.454 e. The van der Waals surface area contributed by atoms with Gasteiger partial charge in [-0.3, -0.25) is 4.79 Å². The van der Waals surface area contributed by atoms with E-state index in [1.807, 2.05) is 0 Å². The van der Waals surface area contributed by atoms with Crippen molar-refractivity contribution < 1.29 is 27.8 Å². The summed E-state index contributed by atoms with van der Waals surface area (Å²) in [5.74, 6) is -0.718. The molecule has 0 bridgehead atoms. The molecule has 0 aliphatic carbocycles. The first-order valence-corrected chi connectivity index (χ1v) is 8.70. The summed E-state index contributed by atoms with van der Waals surface area (Å²) in [7, 11) is 0. The van der Waals surface area contributed by atoms with Crippen LogP contribution in [-0.4, -0.2) is 31.8 Å². The Morgan fingerprint density at radius 3 is 2.68 bits per heavy atom. The molecule has 3 amide bonds. The van der Waals surface area contributed by atoms with Gasteiger partial charge in [-0.1, -0.05) is 6.07 Å². The van der Waals surface area contributed by atoms with Crippen LogP contribution in [0.5, 0.6) is 11.5 Å². The van der Waals surface area contributed by atoms with Crippen LogP contribution in [0.4, 0.5) is 25.0 Å². The summed E-state index contributed by atoms with van der Waals surface area (Å²) in [6.45, 7) is 0.749. The molecular formula is C19H17F2N3O4. The van der Waals surface area contributed by atoms with Crippen molar-refractivity contribution in [3.8, 4) is 11.5 Å². The molecule has 9 heteroatoms. The van der Waals surface area contributed by atoms with Gasteiger partial charge in [0.1, 0.15) is 17.3 Å². The first-order chi connectivity index (χ1) is 13.5. The Morgan fingerprint density at radius 1 is 1.14 bits per heavy atom. The molecule has 0 radical (unpaired) electrons. The van der Waals surface area contributed by atoms with Crippen molar-refractivity contribution in [3.63, 3.8) is 0 Å². The summed E-state index contributed by atoms with van der Waals surface area (Å²) < 4.78 is 37.8. The number of urea groups is 1. The third kappa shape index (κ3) is 3.55. The normalized spacial score (nSPS) is 17.7. The third-order valence-electron chi connectivity index (χ3n) is 4.63. The van der Waals surface area contributed by atoms with Crippen molar-refractivity contribution in [1.82, 2.24) is 5.32 Å². The fourth-order valence-electron chi connectivity index (χ4n) is 3.23. The number of nitrogens with zero attached hydrogens (tertiary/aromatic N) is 1. The molecule has 2 heterocycles. The molecule has 0 aromatic heterocycles. The second kappa shape index (κ2) is 7.34. The van der Waals surface area contributed by atoms with Crippen LogP contribution in [0, 0.1) is 17.6 Å². The SMILES string of the molecule is O=C(NC[C@@H]1CC(=O)N(c2ccc3c(c2)OCO3)C1)Nc1c(F)cccc1F. The Balaban J connectivity index is 1.34. The molecule has 2 N–H and O–H groups in total. The van der Waals surface area contributed by atoms with Gasteiger partial charge < -0.3 is 25.0 Å². The number of para-hydroxylation sites is 1.